The lowest BCUT2D eigenvalue weighted by Crippen LogP contribution is -2.32. The first-order chi connectivity index (χ1) is 9.37. The van der Waals surface area contributed by atoms with E-state index in [2.05, 4.69) is 5.32 Å². The molecule has 1 aromatic rings. The number of nitrogens with one attached hydrogen (secondary N) is 1. The normalized spacial score (nSPS) is 12.0. The maximum absolute atomic E-state index is 11.3. The van der Waals surface area contributed by atoms with Crippen molar-refractivity contribution in [3.05, 3.63) is 53.1 Å². The van der Waals surface area contributed by atoms with Crippen LogP contribution in [-0.2, 0) is 4.74 Å². The van der Waals surface area contributed by atoms with E-state index in [1.807, 2.05) is 69.3 Å². The molecular formula is C16H20ClNO2. The second-order valence-corrected chi connectivity index (χ2v) is 5.66. The number of carbonyl (C=O) groups is 1. The van der Waals surface area contributed by atoms with Crippen LogP contribution in [0, 0.1) is 0 Å². The molecule has 20 heavy (non-hydrogen) atoms. The van der Waals surface area contributed by atoms with E-state index in [9.17, 15) is 4.79 Å². The number of ether oxygens (including phenoxy) is 1. The number of hydrogen-bond donors (Lipinski definition) is 1. The Morgan fingerprint density at radius 3 is 2.50 bits per heavy atom. The van der Waals surface area contributed by atoms with E-state index in [0.29, 0.717) is 6.54 Å². The smallest absolute Gasteiger partial charge is 0.407 e. The highest BCUT2D eigenvalue weighted by Crippen LogP contribution is 2.10. The van der Waals surface area contributed by atoms with Gasteiger partial charge in [0.1, 0.15) is 5.60 Å². The van der Waals surface area contributed by atoms with Gasteiger partial charge in [0.25, 0.3) is 0 Å². The Morgan fingerprint density at radius 2 is 1.90 bits per heavy atom. The van der Waals surface area contributed by atoms with Crippen LogP contribution in [-0.4, -0.2) is 18.2 Å². The third-order valence-corrected chi connectivity index (χ3v) is 2.42. The zero-order valence-electron chi connectivity index (χ0n) is 12.0. The van der Waals surface area contributed by atoms with E-state index >= 15 is 0 Å². The van der Waals surface area contributed by atoms with E-state index in [-0.39, 0.29) is 0 Å². The lowest BCUT2D eigenvalue weighted by Gasteiger charge is -2.19. The van der Waals surface area contributed by atoms with Crippen LogP contribution in [0.3, 0.4) is 0 Å². The summed E-state index contributed by atoms with van der Waals surface area (Å²) in [4.78, 5) is 11.3. The van der Waals surface area contributed by atoms with Crippen molar-refractivity contribution in [2.75, 3.05) is 6.54 Å². The van der Waals surface area contributed by atoms with Crippen LogP contribution < -0.4 is 5.32 Å². The van der Waals surface area contributed by atoms with E-state index in [1.165, 1.54) is 0 Å². The second-order valence-electron chi connectivity index (χ2n) is 5.22. The molecule has 1 amide bonds. The minimum absolute atomic E-state index is 0.413. The Morgan fingerprint density at radius 1 is 1.25 bits per heavy atom. The largest absolute Gasteiger partial charge is 0.444 e. The van der Waals surface area contributed by atoms with Crippen molar-refractivity contribution < 1.29 is 9.53 Å². The van der Waals surface area contributed by atoms with Gasteiger partial charge in [0.05, 0.1) is 0 Å². The van der Waals surface area contributed by atoms with Crippen LogP contribution in [0.4, 0.5) is 4.79 Å². The van der Waals surface area contributed by atoms with Gasteiger partial charge in [-0.1, -0.05) is 48.0 Å². The molecule has 0 aliphatic heterocycles. The molecule has 0 spiro atoms. The summed E-state index contributed by atoms with van der Waals surface area (Å²) in [6.07, 6.45) is 7.16. The summed E-state index contributed by atoms with van der Waals surface area (Å²) in [5.74, 6) is 0. The summed E-state index contributed by atoms with van der Waals surface area (Å²) in [6.45, 7) is 5.92. The van der Waals surface area contributed by atoms with Crippen molar-refractivity contribution in [2.24, 2.45) is 0 Å². The topological polar surface area (TPSA) is 38.3 Å². The standard InChI is InChI=1S/C16H20ClNO2/c1-16(2,3)20-15(19)18-12-6-4-5-7-13-8-10-14(17)11-9-13/h4-11H,12H2,1-3H3,(H,18,19)/b6-4+,7-5+. The maximum atomic E-state index is 11.3. The Kier molecular flexibility index (Phi) is 6.32. The molecule has 0 aliphatic rings. The Labute approximate surface area is 125 Å². The number of carbonyl (C=O) groups excluding carboxylic acids is 1. The van der Waals surface area contributed by atoms with Crippen LogP contribution >= 0.6 is 11.6 Å². The second kappa shape index (κ2) is 7.75. The summed E-state index contributed by atoms with van der Waals surface area (Å²) < 4.78 is 5.11. The van der Waals surface area contributed by atoms with Crippen molar-refractivity contribution in [1.82, 2.24) is 5.32 Å². The summed E-state index contributed by atoms with van der Waals surface area (Å²) in [6, 6.07) is 7.56. The first kappa shape index (κ1) is 16.3. The van der Waals surface area contributed by atoms with Crippen LogP contribution in [0.15, 0.2) is 42.5 Å². The highest BCUT2D eigenvalue weighted by molar-refractivity contribution is 6.30. The first-order valence-corrected chi connectivity index (χ1v) is 6.80. The molecule has 0 saturated heterocycles. The molecule has 0 fully saturated rings. The molecule has 0 unspecified atom stereocenters. The fourth-order valence-electron chi connectivity index (χ4n) is 1.34. The maximum Gasteiger partial charge on any atom is 0.407 e. The fraction of sp³-hybridized carbons (Fsp3) is 0.312. The molecule has 0 atom stereocenters. The molecule has 0 aromatic heterocycles. The predicted octanol–water partition coefficient (Wildman–Crippen LogP) is 4.43. The van der Waals surface area contributed by atoms with Crippen LogP contribution in [0.1, 0.15) is 26.3 Å². The minimum atomic E-state index is -0.470. The molecule has 0 bridgehead atoms. The summed E-state index contributed by atoms with van der Waals surface area (Å²) in [7, 11) is 0. The number of benzene rings is 1. The van der Waals surface area contributed by atoms with Crippen LogP contribution in [0.5, 0.6) is 0 Å². The zero-order valence-corrected chi connectivity index (χ0v) is 12.8. The van der Waals surface area contributed by atoms with Crippen molar-refractivity contribution in [2.45, 2.75) is 26.4 Å². The molecule has 3 nitrogen and oxygen atoms in total. The molecule has 0 radical (unpaired) electrons. The van der Waals surface area contributed by atoms with Gasteiger partial charge in [0.2, 0.25) is 0 Å². The monoisotopic (exact) mass is 293 g/mol. The fourth-order valence-corrected chi connectivity index (χ4v) is 1.47. The number of halogens is 1. The predicted molar refractivity (Wildman–Crippen MR) is 83.9 cm³/mol. The molecule has 4 heteroatoms. The third-order valence-electron chi connectivity index (χ3n) is 2.17. The summed E-state index contributed by atoms with van der Waals surface area (Å²) in [5, 5.41) is 3.37. The summed E-state index contributed by atoms with van der Waals surface area (Å²) >= 11 is 5.80. The molecule has 0 saturated carbocycles. The molecular weight excluding hydrogens is 274 g/mol. The van der Waals surface area contributed by atoms with Gasteiger partial charge in [0.15, 0.2) is 0 Å². The third kappa shape index (κ3) is 7.64. The Hall–Kier alpha value is -1.74. The molecule has 0 aliphatic carbocycles. The Bertz CT molecular complexity index is 484. The zero-order chi connectivity index (χ0) is 15.0. The van der Waals surface area contributed by atoms with Crippen molar-refractivity contribution in [3.8, 4) is 0 Å². The molecule has 1 aromatic carbocycles. The van der Waals surface area contributed by atoms with Crippen molar-refractivity contribution in [1.29, 1.82) is 0 Å². The van der Waals surface area contributed by atoms with Gasteiger partial charge < -0.3 is 10.1 Å². The van der Waals surface area contributed by atoms with Crippen LogP contribution in [0.25, 0.3) is 6.08 Å². The first-order valence-electron chi connectivity index (χ1n) is 6.42. The average molecular weight is 294 g/mol. The van der Waals surface area contributed by atoms with E-state index < -0.39 is 11.7 Å². The number of rotatable bonds is 4. The average Bonchev–Trinajstić information content (AvgIpc) is 2.33. The molecule has 108 valence electrons. The van der Waals surface area contributed by atoms with Gasteiger partial charge in [-0.2, -0.15) is 0 Å². The number of hydrogen-bond acceptors (Lipinski definition) is 2. The quantitative estimate of drug-likeness (QED) is 0.834. The lowest BCUT2D eigenvalue weighted by atomic mass is 10.2. The SMILES string of the molecule is CC(C)(C)OC(=O)NC/C=C/C=C/c1ccc(Cl)cc1. The summed E-state index contributed by atoms with van der Waals surface area (Å²) in [5.41, 5.74) is 0.599. The molecule has 0 heterocycles. The number of amides is 1. The van der Waals surface area contributed by atoms with E-state index in [4.69, 9.17) is 16.3 Å². The van der Waals surface area contributed by atoms with Gasteiger partial charge in [-0.05, 0) is 38.5 Å². The van der Waals surface area contributed by atoms with E-state index in [1.54, 1.807) is 0 Å². The molecule has 1 N–H and O–H groups in total. The molecule has 1 rings (SSSR count). The van der Waals surface area contributed by atoms with Gasteiger partial charge in [-0.3, -0.25) is 0 Å². The van der Waals surface area contributed by atoms with Crippen LogP contribution in [0.2, 0.25) is 5.02 Å². The highest BCUT2D eigenvalue weighted by Gasteiger charge is 2.14. The van der Waals surface area contributed by atoms with Crippen molar-refractivity contribution >= 4 is 23.8 Å². The van der Waals surface area contributed by atoms with Gasteiger partial charge >= 0.3 is 6.09 Å². The highest BCUT2D eigenvalue weighted by atomic mass is 35.5. The van der Waals surface area contributed by atoms with E-state index in [0.717, 1.165) is 10.6 Å². The van der Waals surface area contributed by atoms with Crippen molar-refractivity contribution in [3.63, 3.8) is 0 Å². The number of alkyl carbamates (subject to hydrolysis) is 1. The lowest BCUT2D eigenvalue weighted by molar-refractivity contribution is 0.0534. The van der Waals surface area contributed by atoms with Gasteiger partial charge in [-0.25, -0.2) is 4.79 Å². The number of allylic oxidation sites excluding steroid dienone is 2. The van der Waals surface area contributed by atoms with Gasteiger partial charge in [0, 0.05) is 11.6 Å². The Balaban J connectivity index is 2.28. The van der Waals surface area contributed by atoms with Gasteiger partial charge in [-0.15, -0.1) is 0 Å². The minimum Gasteiger partial charge on any atom is -0.444 e.